The van der Waals surface area contributed by atoms with E-state index >= 15 is 0 Å². The number of hydrogen-bond donors (Lipinski definition) is 1. The molecule has 1 rings (SSSR count). The highest BCUT2D eigenvalue weighted by Gasteiger charge is 2.08. The summed E-state index contributed by atoms with van der Waals surface area (Å²) in [6.45, 7) is 2.11. The first-order valence-electron chi connectivity index (χ1n) is 4.79. The summed E-state index contributed by atoms with van der Waals surface area (Å²) in [5.74, 6) is -0.215. The molecule has 1 aromatic carbocycles. The average molecular weight is 199 g/mol. The third-order valence-electron chi connectivity index (χ3n) is 2.13. The van der Waals surface area contributed by atoms with Gasteiger partial charge in [-0.25, -0.2) is 4.39 Å². The van der Waals surface area contributed by atoms with Gasteiger partial charge in [0.15, 0.2) is 0 Å². The molecular weight excluding hydrogens is 184 g/mol. The Balaban J connectivity index is 2.51. The number of rotatable bonds is 5. The topological polar surface area (TPSA) is 12.0 Å². The normalized spacial score (nSPS) is 12.8. The van der Waals surface area contributed by atoms with E-state index in [1.54, 1.807) is 18.2 Å². The molecule has 0 radical (unpaired) electrons. The van der Waals surface area contributed by atoms with E-state index in [9.17, 15) is 8.78 Å². The largest absolute Gasteiger partial charge is 0.310 e. The minimum absolute atomic E-state index is 0.0669. The molecule has 0 aliphatic carbocycles. The van der Waals surface area contributed by atoms with E-state index in [1.165, 1.54) is 6.07 Å². The zero-order chi connectivity index (χ0) is 10.4. The second-order valence-corrected chi connectivity index (χ2v) is 3.24. The quantitative estimate of drug-likeness (QED) is 0.719. The van der Waals surface area contributed by atoms with Crippen LogP contribution in [0.15, 0.2) is 24.3 Å². The van der Waals surface area contributed by atoms with Crippen LogP contribution in [-0.2, 0) is 0 Å². The summed E-state index contributed by atoms with van der Waals surface area (Å²) >= 11 is 0. The fourth-order valence-electron chi connectivity index (χ4n) is 1.32. The standard InChI is InChI=1S/C11H15F2N/c1-9(14-8-4-7-12)10-5-2-3-6-11(10)13/h2-3,5-6,9,14H,4,7-8H2,1H3. The molecule has 0 aliphatic rings. The zero-order valence-corrected chi connectivity index (χ0v) is 8.26. The molecule has 0 aromatic heterocycles. The van der Waals surface area contributed by atoms with Crippen molar-refractivity contribution in [1.82, 2.24) is 5.32 Å². The van der Waals surface area contributed by atoms with Crippen molar-refractivity contribution in [2.24, 2.45) is 0 Å². The van der Waals surface area contributed by atoms with Crippen LogP contribution in [0.25, 0.3) is 0 Å². The highest BCUT2D eigenvalue weighted by molar-refractivity contribution is 5.20. The van der Waals surface area contributed by atoms with Gasteiger partial charge in [-0.2, -0.15) is 0 Å². The first kappa shape index (κ1) is 11.1. The molecule has 78 valence electrons. The number of hydrogen-bond acceptors (Lipinski definition) is 1. The Morgan fingerprint density at radius 1 is 1.36 bits per heavy atom. The summed E-state index contributed by atoms with van der Waals surface area (Å²) in [5.41, 5.74) is 0.631. The van der Waals surface area contributed by atoms with Gasteiger partial charge in [0.2, 0.25) is 0 Å². The second kappa shape index (κ2) is 5.70. The maximum absolute atomic E-state index is 13.2. The van der Waals surface area contributed by atoms with E-state index in [-0.39, 0.29) is 18.5 Å². The molecule has 0 saturated carbocycles. The lowest BCUT2D eigenvalue weighted by atomic mass is 10.1. The third-order valence-corrected chi connectivity index (χ3v) is 2.13. The third kappa shape index (κ3) is 3.07. The van der Waals surface area contributed by atoms with E-state index in [1.807, 2.05) is 6.92 Å². The molecule has 1 nitrogen and oxygen atoms in total. The molecule has 0 bridgehead atoms. The van der Waals surface area contributed by atoms with Crippen molar-refractivity contribution in [1.29, 1.82) is 0 Å². The Hall–Kier alpha value is -0.960. The van der Waals surface area contributed by atoms with Crippen LogP contribution < -0.4 is 5.32 Å². The van der Waals surface area contributed by atoms with Crippen molar-refractivity contribution in [2.75, 3.05) is 13.2 Å². The molecule has 0 amide bonds. The summed E-state index contributed by atoms with van der Waals surface area (Å²) in [4.78, 5) is 0. The molecule has 0 aliphatic heterocycles. The minimum Gasteiger partial charge on any atom is -0.310 e. The van der Waals surface area contributed by atoms with Gasteiger partial charge in [-0.1, -0.05) is 18.2 Å². The van der Waals surface area contributed by atoms with Crippen LogP contribution in [0.1, 0.15) is 24.9 Å². The highest BCUT2D eigenvalue weighted by Crippen LogP contribution is 2.15. The van der Waals surface area contributed by atoms with Gasteiger partial charge in [-0.3, -0.25) is 4.39 Å². The fraction of sp³-hybridized carbons (Fsp3) is 0.455. The molecule has 0 heterocycles. The first-order valence-corrected chi connectivity index (χ1v) is 4.79. The van der Waals surface area contributed by atoms with Crippen molar-refractivity contribution < 1.29 is 8.78 Å². The average Bonchev–Trinajstić information content (AvgIpc) is 2.18. The molecule has 14 heavy (non-hydrogen) atoms. The van der Waals surface area contributed by atoms with Gasteiger partial charge in [0.05, 0.1) is 6.67 Å². The lowest BCUT2D eigenvalue weighted by Gasteiger charge is -2.14. The SMILES string of the molecule is CC(NCCCF)c1ccccc1F. The number of nitrogens with one attached hydrogen (secondary N) is 1. The maximum Gasteiger partial charge on any atom is 0.127 e. The van der Waals surface area contributed by atoms with Crippen LogP contribution in [0.4, 0.5) is 8.78 Å². The fourth-order valence-corrected chi connectivity index (χ4v) is 1.32. The maximum atomic E-state index is 13.2. The second-order valence-electron chi connectivity index (χ2n) is 3.24. The number of benzene rings is 1. The lowest BCUT2D eigenvalue weighted by molar-refractivity contribution is 0.441. The van der Waals surface area contributed by atoms with Gasteiger partial charge in [-0.15, -0.1) is 0 Å². The Bertz CT molecular complexity index is 276. The van der Waals surface area contributed by atoms with Crippen LogP contribution >= 0.6 is 0 Å². The molecule has 3 heteroatoms. The molecule has 1 aromatic rings. The van der Waals surface area contributed by atoms with E-state index < -0.39 is 0 Å². The predicted molar refractivity (Wildman–Crippen MR) is 53.4 cm³/mol. The molecule has 0 saturated heterocycles. The summed E-state index contributed by atoms with van der Waals surface area (Å²) in [6.07, 6.45) is 0.471. The Morgan fingerprint density at radius 3 is 2.71 bits per heavy atom. The Kier molecular flexibility index (Phi) is 4.53. The van der Waals surface area contributed by atoms with Gasteiger partial charge in [-0.05, 0) is 26.0 Å². The van der Waals surface area contributed by atoms with Gasteiger partial charge in [0.25, 0.3) is 0 Å². The van der Waals surface area contributed by atoms with Gasteiger partial charge in [0, 0.05) is 11.6 Å². The van der Waals surface area contributed by atoms with Crippen molar-refractivity contribution in [3.8, 4) is 0 Å². The number of halogens is 2. The Morgan fingerprint density at radius 2 is 2.07 bits per heavy atom. The van der Waals surface area contributed by atoms with Crippen LogP contribution in [0.2, 0.25) is 0 Å². The molecule has 0 fully saturated rings. The van der Waals surface area contributed by atoms with Gasteiger partial charge in [0.1, 0.15) is 5.82 Å². The monoisotopic (exact) mass is 199 g/mol. The summed E-state index contributed by atoms with van der Waals surface area (Å²) in [6, 6.07) is 6.56. The molecular formula is C11H15F2N. The molecule has 0 spiro atoms. The van der Waals surface area contributed by atoms with E-state index in [0.717, 1.165) is 0 Å². The van der Waals surface area contributed by atoms with Gasteiger partial charge < -0.3 is 5.32 Å². The van der Waals surface area contributed by atoms with Crippen LogP contribution in [-0.4, -0.2) is 13.2 Å². The number of alkyl halides is 1. The molecule has 1 atom stereocenters. The van der Waals surface area contributed by atoms with Crippen molar-refractivity contribution in [3.63, 3.8) is 0 Å². The minimum atomic E-state index is -0.336. The zero-order valence-electron chi connectivity index (χ0n) is 8.26. The molecule has 1 N–H and O–H groups in total. The van der Waals surface area contributed by atoms with Crippen LogP contribution in [0.5, 0.6) is 0 Å². The van der Waals surface area contributed by atoms with Gasteiger partial charge >= 0.3 is 0 Å². The van der Waals surface area contributed by atoms with E-state index in [4.69, 9.17) is 0 Å². The lowest BCUT2D eigenvalue weighted by Crippen LogP contribution is -2.21. The van der Waals surface area contributed by atoms with Crippen LogP contribution in [0, 0.1) is 5.82 Å². The summed E-state index contributed by atoms with van der Waals surface area (Å²) in [5, 5.41) is 3.06. The first-order chi connectivity index (χ1) is 6.75. The predicted octanol–water partition coefficient (Wildman–Crippen LogP) is 2.84. The van der Waals surface area contributed by atoms with E-state index in [0.29, 0.717) is 18.5 Å². The summed E-state index contributed by atoms with van der Waals surface area (Å²) in [7, 11) is 0. The van der Waals surface area contributed by atoms with Crippen molar-refractivity contribution >= 4 is 0 Å². The van der Waals surface area contributed by atoms with Crippen LogP contribution in [0.3, 0.4) is 0 Å². The Labute approximate surface area is 83.1 Å². The highest BCUT2D eigenvalue weighted by atomic mass is 19.1. The molecule has 1 unspecified atom stereocenters. The van der Waals surface area contributed by atoms with E-state index in [2.05, 4.69) is 5.32 Å². The smallest absolute Gasteiger partial charge is 0.127 e. The van der Waals surface area contributed by atoms with Crippen molar-refractivity contribution in [3.05, 3.63) is 35.6 Å². The van der Waals surface area contributed by atoms with Crippen molar-refractivity contribution in [2.45, 2.75) is 19.4 Å². The summed E-state index contributed by atoms with van der Waals surface area (Å²) < 4.78 is 25.0.